The third-order valence-corrected chi connectivity index (χ3v) is 2.95. The molecule has 0 aromatic carbocycles. The van der Waals surface area contributed by atoms with Crippen LogP contribution in [0.4, 0.5) is 0 Å². The Labute approximate surface area is 74.2 Å². The summed E-state index contributed by atoms with van der Waals surface area (Å²) in [6, 6.07) is -0.910. The molecule has 2 aliphatic carbocycles. The normalized spacial score (nSPS) is 40.9. The first-order valence-corrected chi connectivity index (χ1v) is 4.16. The van der Waals surface area contributed by atoms with Crippen LogP contribution in [0.2, 0.25) is 0 Å². The van der Waals surface area contributed by atoms with Crippen LogP contribution in [0.1, 0.15) is 6.42 Å². The van der Waals surface area contributed by atoms with Gasteiger partial charge in [0.25, 0.3) is 0 Å². The molecular weight excluding hydrogens is 174 g/mol. The predicted molar refractivity (Wildman–Crippen MR) is 42.6 cm³/mol. The highest BCUT2D eigenvalue weighted by Gasteiger charge is 2.55. The molecule has 0 radical (unpaired) electrons. The molecule has 1 N–H and O–H groups in total. The highest BCUT2D eigenvalue weighted by molar-refractivity contribution is 5.72. The highest BCUT2D eigenvalue weighted by Crippen LogP contribution is 2.44. The van der Waals surface area contributed by atoms with Gasteiger partial charge in [-0.3, -0.25) is 14.9 Å². The minimum Gasteiger partial charge on any atom is -0.481 e. The molecule has 70 valence electrons. The number of nitro groups is 1. The zero-order valence-electron chi connectivity index (χ0n) is 6.79. The first-order chi connectivity index (χ1) is 6.11. The van der Waals surface area contributed by atoms with Gasteiger partial charge in [0.2, 0.25) is 6.04 Å². The van der Waals surface area contributed by atoms with Crippen LogP contribution in [0, 0.1) is 27.9 Å². The number of nitrogens with zero attached hydrogens (tertiary/aromatic N) is 1. The number of hydrogen-bond donors (Lipinski definition) is 1. The Bertz CT molecular complexity index is 271. The van der Waals surface area contributed by atoms with Crippen molar-refractivity contribution in [2.75, 3.05) is 0 Å². The van der Waals surface area contributed by atoms with Crippen LogP contribution in [0.5, 0.6) is 0 Å². The zero-order chi connectivity index (χ0) is 9.59. The predicted octanol–water partition coefficient (Wildman–Crippen LogP) is 0.538. The summed E-state index contributed by atoms with van der Waals surface area (Å²) in [5, 5.41) is 19.4. The van der Waals surface area contributed by atoms with Gasteiger partial charge in [0.15, 0.2) is 0 Å². The lowest BCUT2D eigenvalue weighted by atomic mass is 9.89. The summed E-state index contributed by atoms with van der Waals surface area (Å²) in [4.78, 5) is 20.9. The smallest absolute Gasteiger partial charge is 0.314 e. The molecule has 2 aliphatic rings. The largest absolute Gasteiger partial charge is 0.481 e. The molecule has 0 aromatic rings. The summed E-state index contributed by atoms with van der Waals surface area (Å²) < 4.78 is 0. The van der Waals surface area contributed by atoms with Gasteiger partial charge in [-0.25, -0.2) is 0 Å². The third kappa shape index (κ3) is 1.03. The Kier molecular flexibility index (Phi) is 1.61. The summed E-state index contributed by atoms with van der Waals surface area (Å²) >= 11 is 0. The molecule has 0 amide bonds. The molecule has 5 heteroatoms. The van der Waals surface area contributed by atoms with E-state index in [-0.39, 0.29) is 11.8 Å². The van der Waals surface area contributed by atoms with Gasteiger partial charge in [0.1, 0.15) is 5.92 Å². The second kappa shape index (κ2) is 2.55. The maximum Gasteiger partial charge on any atom is 0.314 e. The molecule has 4 atom stereocenters. The number of carboxylic acid groups (broad SMARTS) is 1. The van der Waals surface area contributed by atoms with E-state index in [1.165, 1.54) is 0 Å². The Morgan fingerprint density at radius 1 is 1.46 bits per heavy atom. The van der Waals surface area contributed by atoms with Gasteiger partial charge in [-0.05, 0) is 12.3 Å². The Morgan fingerprint density at radius 3 is 2.54 bits per heavy atom. The van der Waals surface area contributed by atoms with E-state index in [4.69, 9.17) is 5.11 Å². The molecule has 2 rings (SSSR count). The standard InChI is InChI=1S/C8H9NO4/c10-8(11)6-4-1-2-5(3-4)7(6)9(12)13/h1-2,4-7H,3H2,(H,10,11). The highest BCUT2D eigenvalue weighted by atomic mass is 16.6. The van der Waals surface area contributed by atoms with Crippen LogP contribution in [-0.4, -0.2) is 22.0 Å². The van der Waals surface area contributed by atoms with Gasteiger partial charge in [-0.2, -0.15) is 0 Å². The third-order valence-electron chi connectivity index (χ3n) is 2.95. The monoisotopic (exact) mass is 183 g/mol. The number of carboxylic acids is 1. The van der Waals surface area contributed by atoms with Crippen LogP contribution in [0.3, 0.4) is 0 Å². The second-order valence-corrected chi connectivity index (χ2v) is 3.59. The van der Waals surface area contributed by atoms with E-state index in [2.05, 4.69) is 0 Å². The van der Waals surface area contributed by atoms with Crippen LogP contribution in [0.25, 0.3) is 0 Å². The van der Waals surface area contributed by atoms with E-state index in [0.717, 1.165) is 0 Å². The number of aliphatic carboxylic acids is 1. The van der Waals surface area contributed by atoms with Crippen molar-refractivity contribution >= 4 is 5.97 Å². The minimum atomic E-state index is -1.04. The lowest BCUT2D eigenvalue weighted by Gasteiger charge is -2.17. The van der Waals surface area contributed by atoms with E-state index in [0.29, 0.717) is 6.42 Å². The van der Waals surface area contributed by atoms with Gasteiger partial charge < -0.3 is 5.11 Å². The number of rotatable bonds is 2. The summed E-state index contributed by atoms with van der Waals surface area (Å²) in [5.41, 5.74) is 0. The van der Waals surface area contributed by atoms with Gasteiger partial charge in [0.05, 0.1) is 0 Å². The molecule has 13 heavy (non-hydrogen) atoms. The van der Waals surface area contributed by atoms with E-state index in [9.17, 15) is 14.9 Å². The zero-order valence-corrected chi connectivity index (χ0v) is 6.79. The minimum absolute atomic E-state index is 0.127. The summed E-state index contributed by atoms with van der Waals surface area (Å²) in [7, 11) is 0. The molecule has 5 nitrogen and oxygen atoms in total. The van der Waals surface area contributed by atoms with E-state index in [1.807, 2.05) is 0 Å². The Morgan fingerprint density at radius 2 is 2.08 bits per heavy atom. The SMILES string of the molecule is O=C(O)C1C2C=CC(C2)C1[N+](=O)[O-]. The van der Waals surface area contributed by atoms with Crippen LogP contribution in [0.15, 0.2) is 12.2 Å². The summed E-state index contributed by atoms with van der Waals surface area (Å²) in [5.74, 6) is -2.15. The average molecular weight is 183 g/mol. The molecule has 0 aliphatic heterocycles. The summed E-state index contributed by atoms with van der Waals surface area (Å²) in [6.45, 7) is 0. The molecule has 2 bridgehead atoms. The van der Waals surface area contributed by atoms with Crippen molar-refractivity contribution in [3.05, 3.63) is 22.3 Å². The summed E-state index contributed by atoms with van der Waals surface area (Å²) in [6.07, 6.45) is 4.20. The van der Waals surface area contributed by atoms with Crippen molar-refractivity contribution in [1.82, 2.24) is 0 Å². The van der Waals surface area contributed by atoms with Crippen molar-refractivity contribution < 1.29 is 14.8 Å². The Balaban J connectivity index is 2.30. The second-order valence-electron chi connectivity index (χ2n) is 3.59. The molecule has 0 aromatic heterocycles. The molecule has 1 saturated carbocycles. The van der Waals surface area contributed by atoms with Crippen LogP contribution >= 0.6 is 0 Å². The molecule has 1 fully saturated rings. The lowest BCUT2D eigenvalue weighted by molar-refractivity contribution is -0.533. The average Bonchev–Trinajstić information content (AvgIpc) is 2.60. The fourth-order valence-electron chi connectivity index (χ4n) is 2.41. The van der Waals surface area contributed by atoms with Gasteiger partial charge >= 0.3 is 5.97 Å². The van der Waals surface area contributed by atoms with Crippen LogP contribution in [-0.2, 0) is 4.79 Å². The van der Waals surface area contributed by atoms with Crippen molar-refractivity contribution in [2.45, 2.75) is 12.5 Å². The first-order valence-electron chi connectivity index (χ1n) is 4.16. The maximum absolute atomic E-state index is 10.8. The van der Waals surface area contributed by atoms with Crippen LogP contribution < -0.4 is 0 Å². The van der Waals surface area contributed by atoms with E-state index >= 15 is 0 Å². The number of fused-ring (bicyclic) bond motifs is 2. The fourth-order valence-corrected chi connectivity index (χ4v) is 2.41. The van der Waals surface area contributed by atoms with E-state index in [1.54, 1.807) is 12.2 Å². The molecule has 0 saturated heterocycles. The van der Waals surface area contributed by atoms with Gasteiger partial charge in [0, 0.05) is 10.8 Å². The number of carbonyl (C=O) groups is 1. The number of allylic oxidation sites excluding steroid dienone is 1. The van der Waals surface area contributed by atoms with Crippen molar-refractivity contribution in [3.8, 4) is 0 Å². The lowest BCUT2D eigenvalue weighted by Crippen LogP contribution is -2.37. The van der Waals surface area contributed by atoms with Gasteiger partial charge in [-0.15, -0.1) is 0 Å². The molecular formula is C8H9NO4. The topological polar surface area (TPSA) is 80.4 Å². The van der Waals surface area contributed by atoms with Crippen molar-refractivity contribution in [2.24, 2.45) is 17.8 Å². The van der Waals surface area contributed by atoms with Crippen molar-refractivity contribution in [1.29, 1.82) is 0 Å². The first kappa shape index (κ1) is 8.22. The fraction of sp³-hybridized carbons (Fsp3) is 0.625. The number of hydrogen-bond acceptors (Lipinski definition) is 3. The molecule has 0 spiro atoms. The maximum atomic E-state index is 10.8. The van der Waals surface area contributed by atoms with E-state index < -0.39 is 22.9 Å². The van der Waals surface area contributed by atoms with Gasteiger partial charge in [-0.1, -0.05) is 12.2 Å². The quantitative estimate of drug-likeness (QED) is 0.385. The molecule has 4 unspecified atom stereocenters. The Hall–Kier alpha value is -1.39. The van der Waals surface area contributed by atoms with Crippen molar-refractivity contribution in [3.63, 3.8) is 0 Å². The molecule has 0 heterocycles.